The van der Waals surface area contributed by atoms with E-state index in [-0.39, 0.29) is 0 Å². The molecule has 0 saturated carbocycles. The molecule has 0 saturated heterocycles. The summed E-state index contributed by atoms with van der Waals surface area (Å²) in [4.78, 5) is 15.6. The normalized spacial score (nSPS) is 12.1. The van der Waals surface area contributed by atoms with Crippen LogP contribution in [0.1, 0.15) is 27.2 Å². The van der Waals surface area contributed by atoms with Gasteiger partial charge in [-0.3, -0.25) is 4.98 Å². The van der Waals surface area contributed by atoms with Gasteiger partial charge in [-0.15, -0.1) is 0 Å². The first-order valence-corrected chi connectivity index (χ1v) is 6.38. The van der Waals surface area contributed by atoms with Gasteiger partial charge in [0.25, 0.3) is 0 Å². The van der Waals surface area contributed by atoms with Crippen LogP contribution in [0, 0.1) is 6.92 Å². The Morgan fingerprint density at radius 1 is 1.33 bits per heavy atom. The minimum atomic E-state index is -0.917. The third kappa shape index (κ3) is 1.64. The fraction of sp³-hybridized carbons (Fsp3) is 0.143. The zero-order chi connectivity index (χ0) is 12.9. The topological polar surface area (TPSA) is 50.2 Å². The summed E-state index contributed by atoms with van der Waals surface area (Å²) in [5, 5.41) is 9.11. The van der Waals surface area contributed by atoms with Gasteiger partial charge in [-0.05, 0) is 36.2 Å². The van der Waals surface area contributed by atoms with Crippen molar-refractivity contribution >= 4 is 21.9 Å². The third-order valence-electron chi connectivity index (χ3n) is 3.23. The Bertz CT molecular complexity index is 680. The summed E-state index contributed by atoms with van der Waals surface area (Å²) in [6.07, 6.45) is 0.748. The van der Waals surface area contributed by atoms with Crippen molar-refractivity contribution in [1.82, 2.24) is 4.98 Å². The fourth-order valence-electron chi connectivity index (χ4n) is 2.38. The van der Waals surface area contributed by atoms with Crippen LogP contribution in [0.2, 0.25) is 0 Å². The van der Waals surface area contributed by atoms with Gasteiger partial charge < -0.3 is 5.11 Å². The Balaban J connectivity index is 2.21. The van der Waals surface area contributed by atoms with Crippen LogP contribution in [0.4, 0.5) is 0 Å². The lowest BCUT2D eigenvalue weighted by molar-refractivity contribution is 0.0695. The molecule has 0 bridgehead atoms. The zero-order valence-corrected chi connectivity index (χ0v) is 11.3. The van der Waals surface area contributed by atoms with Crippen molar-refractivity contribution < 1.29 is 9.90 Å². The van der Waals surface area contributed by atoms with E-state index in [0.29, 0.717) is 11.3 Å². The number of carbonyl (C=O) groups is 1. The summed E-state index contributed by atoms with van der Waals surface area (Å²) < 4.78 is 1.03. The molecule has 0 fully saturated rings. The Morgan fingerprint density at radius 3 is 2.83 bits per heavy atom. The standard InChI is InChI=1S/C14H10BrNO2/c1-7-12(14(17)18)6-9-4-8-5-10(15)2-3-11(8)13(9)16-7/h2-3,5-6H,4H2,1H3,(H,17,18). The molecule has 0 spiro atoms. The molecule has 1 heterocycles. The second kappa shape index (κ2) is 3.92. The first-order chi connectivity index (χ1) is 8.56. The predicted molar refractivity (Wildman–Crippen MR) is 71.9 cm³/mol. The molecule has 90 valence electrons. The van der Waals surface area contributed by atoms with Gasteiger partial charge >= 0.3 is 5.97 Å². The summed E-state index contributed by atoms with van der Waals surface area (Å²) >= 11 is 3.45. The number of pyridine rings is 1. The Labute approximate surface area is 113 Å². The molecule has 18 heavy (non-hydrogen) atoms. The van der Waals surface area contributed by atoms with Gasteiger partial charge in [0, 0.05) is 16.5 Å². The molecule has 1 aliphatic carbocycles. The third-order valence-corrected chi connectivity index (χ3v) is 3.72. The van der Waals surface area contributed by atoms with Gasteiger partial charge in [0.15, 0.2) is 0 Å². The van der Waals surface area contributed by atoms with E-state index in [1.54, 1.807) is 13.0 Å². The van der Waals surface area contributed by atoms with Crippen LogP contribution in [0.15, 0.2) is 28.7 Å². The Kier molecular flexibility index (Phi) is 2.48. The first-order valence-electron chi connectivity index (χ1n) is 5.59. The molecule has 0 atom stereocenters. The second-order valence-corrected chi connectivity index (χ2v) is 5.33. The smallest absolute Gasteiger partial charge is 0.337 e. The van der Waals surface area contributed by atoms with Crippen molar-refractivity contribution in [2.24, 2.45) is 0 Å². The van der Waals surface area contributed by atoms with Crippen molar-refractivity contribution in [3.8, 4) is 11.3 Å². The summed E-state index contributed by atoms with van der Waals surface area (Å²) in [5.74, 6) is -0.917. The highest BCUT2D eigenvalue weighted by molar-refractivity contribution is 9.10. The number of aromatic carboxylic acids is 1. The molecule has 1 aromatic carbocycles. The maximum atomic E-state index is 11.1. The molecule has 0 unspecified atom stereocenters. The van der Waals surface area contributed by atoms with E-state index < -0.39 is 5.97 Å². The number of aromatic nitrogens is 1. The van der Waals surface area contributed by atoms with Crippen molar-refractivity contribution in [2.45, 2.75) is 13.3 Å². The van der Waals surface area contributed by atoms with Crippen LogP contribution in [-0.2, 0) is 6.42 Å². The summed E-state index contributed by atoms with van der Waals surface area (Å²) in [7, 11) is 0. The van der Waals surface area contributed by atoms with Gasteiger partial charge in [-0.25, -0.2) is 4.79 Å². The van der Waals surface area contributed by atoms with Crippen LogP contribution >= 0.6 is 15.9 Å². The van der Waals surface area contributed by atoms with Crippen LogP contribution in [0.5, 0.6) is 0 Å². The van der Waals surface area contributed by atoms with E-state index in [1.807, 2.05) is 12.1 Å². The number of carboxylic acid groups (broad SMARTS) is 1. The van der Waals surface area contributed by atoms with Gasteiger partial charge in [0.1, 0.15) is 0 Å². The van der Waals surface area contributed by atoms with Crippen molar-refractivity contribution in [3.05, 3.63) is 51.1 Å². The fourth-order valence-corrected chi connectivity index (χ4v) is 2.78. The molecule has 4 heteroatoms. The Hall–Kier alpha value is -1.68. The van der Waals surface area contributed by atoms with Crippen molar-refractivity contribution in [2.75, 3.05) is 0 Å². The number of benzene rings is 1. The maximum Gasteiger partial charge on any atom is 0.337 e. The lowest BCUT2D eigenvalue weighted by Crippen LogP contribution is -2.03. The Morgan fingerprint density at radius 2 is 2.11 bits per heavy atom. The highest BCUT2D eigenvalue weighted by Crippen LogP contribution is 2.37. The number of hydrogen-bond acceptors (Lipinski definition) is 2. The van der Waals surface area contributed by atoms with Gasteiger partial charge in [0.2, 0.25) is 0 Å². The molecule has 3 nitrogen and oxygen atoms in total. The minimum absolute atomic E-state index is 0.292. The second-order valence-electron chi connectivity index (χ2n) is 4.41. The van der Waals surface area contributed by atoms with E-state index in [2.05, 4.69) is 27.0 Å². The average molecular weight is 304 g/mol. The minimum Gasteiger partial charge on any atom is -0.478 e. The number of fused-ring (bicyclic) bond motifs is 3. The number of carboxylic acids is 1. The summed E-state index contributed by atoms with van der Waals surface area (Å²) in [6, 6.07) is 7.81. The van der Waals surface area contributed by atoms with Crippen LogP contribution in [0.3, 0.4) is 0 Å². The molecule has 0 aliphatic heterocycles. The molecule has 0 radical (unpaired) electrons. The van der Waals surface area contributed by atoms with E-state index in [9.17, 15) is 4.79 Å². The van der Waals surface area contributed by atoms with E-state index in [4.69, 9.17) is 5.11 Å². The summed E-state index contributed by atoms with van der Waals surface area (Å²) in [6.45, 7) is 1.74. The molecule has 3 rings (SSSR count). The van der Waals surface area contributed by atoms with E-state index in [1.165, 1.54) is 5.56 Å². The first kappa shape index (κ1) is 11.4. The summed E-state index contributed by atoms with van der Waals surface area (Å²) in [5.41, 5.74) is 5.06. The number of rotatable bonds is 1. The molecule has 1 N–H and O–H groups in total. The van der Waals surface area contributed by atoms with Crippen LogP contribution in [-0.4, -0.2) is 16.1 Å². The highest BCUT2D eigenvalue weighted by atomic mass is 79.9. The number of nitrogens with zero attached hydrogens (tertiary/aromatic N) is 1. The SMILES string of the molecule is Cc1nc2c(cc1C(=O)O)Cc1cc(Br)ccc1-2. The molecular weight excluding hydrogens is 294 g/mol. The molecular formula is C14H10BrNO2. The molecule has 2 aromatic rings. The number of halogens is 1. The molecule has 1 aliphatic rings. The highest BCUT2D eigenvalue weighted by Gasteiger charge is 2.22. The maximum absolute atomic E-state index is 11.1. The van der Waals surface area contributed by atoms with Gasteiger partial charge in [0.05, 0.1) is 17.0 Å². The van der Waals surface area contributed by atoms with Gasteiger partial charge in [-0.2, -0.15) is 0 Å². The number of aryl methyl sites for hydroxylation is 1. The van der Waals surface area contributed by atoms with Crippen molar-refractivity contribution in [1.29, 1.82) is 0 Å². The largest absolute Gasteiger partial charge is 0.478 e. The van der Waals surface area contributed by atoms with Gasteiger partial charge in [-0.1, -0.05) is 22.0 Å². The lowest BCUT2D eigenvalue weighted by atomic mass is 10.1. The predicted octanol–water partition coefficient (Wildman–Crippen LogP) is 3.42. The lowest BCUT2D eigenvalue weighted by Gasteiger charge is -2.05. The number of hydrogen-bond donors (Lipinski definition) is 1. The molecule has 0 amide bonds. The van der Waals surface area contributed by atoms with Crippen molar-refractivity contribution in [3.63, 3.8) is 0 Å². The average Bonchev–Trinajstić information content (AvgIpc) is 2.64. The molecule has 1 aromatic heterocycles. The van der Waals surface area contributed by atoms with E-state index in [0.717, 1.165) is 27.7 Å². The zero-order valence-electron chi connectivity index (χ0n) is 9.70. The van der Waals surface area contributed by atoms with Crippen LogP contribution in [0.25, 0.3) is 11.3 Å². The van der Waals surface area contributed by atoms with E-state index >= 15 is 0 Å². The van der Waals surface area contributed by atoms with Crippen LogP contribution < -0.4 is 0 Å². The monoisotopic (exact) mass is 303 g/mol. The quantitative estimate of drug-likeness (QED) is 0.749.